The van der Waals surface area contributed by atoms with Crippen molar-refractivity contribution in [3.63, 3.8) is 0 Å². The van der Waals surface area contributed by atoms with Crippen LogP contribution < -0.4 is 10.6 Å². The molecule has 3 rings (SSSR count). The summed E-state index contributed by atoms with van der Waals surface area (Å²) in [5.74, 6) is -0.431. The normalized spacial score (nSPS) is 15.0. The molecule has 0 radical (unpaired) electrons. The molecule has 30 heavy (non-hydrogen) atoms. The lowest BCUT2D eigenvalue weighted by Crippen LogP contribution is -2.40. The maximum Gasteiger partial charge on any atom is 0.321 e. The van der Waals surface area contributed by atoms with Crippen LogP contribution in [0.3, 0.4) is 0 Å². The van der Waals surface area contributed by atoms with Crippen molar-refractivity contribution in [3.8, 4) is 11.5 Å². The zero-order valence-corrected chi connectivity index (χ0v) is 18.1. The van der Waals surface area contributed by atoms with Crippen LogP contribution in [0.1, 0.15) is 26.2 Å². The summed E-state index contributed by atoms with van der Waals surface area (Å²) < 4.78 is 32.8. The Hall–Kier alpha value is -2.44. The number of carbonyl (C=O) groups excluding carboxylic acids is 2. The van der Waals surface area contributed by atoms with Gasteiger partial charge in [0.25, 0.3) is 5.22 Å². The Morgan fingerprint density at radius 1 is 1.20 bits per heavy atom. The molecule has 1 aromatic carbocycles. The van der Waals surface area contributed by atoms with E-state index in [2.05, 4.69) is 20.8 Å². The molecule has 0 aliphatic carbocycles. The van der Waals surface area contributed by atoms with Crippen molar-refractivity contribution in [1.29, 1.82) is 0 Å². The van der Waals surface area contributed by atoms with Gasteiger partial charge < -0.3 is 9.73 Å². The van der Waals surface area contributed by atoms with Gasteiger partial charge in [0, 0.05) is 25.2 Å². The van der Waals surface area contributed by atoms with E-state index in [9.17, 15) is 18.0 Å². The monoisotopic (exact) mass is 453 g/mol. The molecule has 162 valence electrons. The lowest BCUT2D eigenvalue weighted by atomic mass is 10.2. The topological polar surface area (TPSA) is 134 Å². The number of benzene rings is 1. The third-order valence-electron chi connectivity index (χ3n) is 4.36. The van der Waals surface area contributed by atoms with Gasteiger partial charge in [-0.05, 0) is 38.0 Å². The largest absolute Gasteiger partial charge is 0.411 e. The molecule has 0 spiro atoms. The summed E-state index contributed by atoms with van der Waals surface area (Å²) in [7, 11) is -3.58. The van der Waals surface area contributed by atoms with E-state index in [-0.39, 0.29) is 21.8 Å². The minimum Gasteiger partial charge on any atom is -0.411 e. The predicted octanol–water partition coefficient (Wildman–Crippen LogP) is 1.85. The van der Waals surface area contributed by atoms with E-state index in [1.54, 1.807) is 25.1 Å². The fraction of sp³-hybridized carbons (Fsp3) is 0.444. The molecule has 1 aliphatic rings. The number of piperidine rings is 1. The molecule has 0 atom stereocenters. The number of hydrogen-bond acceptors (Lipinski definition) is 8. The molecule has 1 aliphatic heterocycles. The molecule has 0 saturated carbocycles. The van der Waals surface area contributed by atoms with Crippen LogP contribution in [0.25, 0.3) is 11.5 Å². The second-order valence-electron chi connectivity index (χ2n) is 6.56. The highest BCUT2D eigenvalue weighted by Gasteiger charge is 2.26. The van der Waals surface area contributed by atoms with Gasteiger partial charge in [-0.2, -0.15) is 4.31 Å². The molecule has 2 heterocycles. The zero-order chi connectivity index (χ0) is 21.6. The summed E-state index contributed by atoms with van der Waals surface area (Å²) in [5.41, 5.74) is 0.471. The Morgan fingerprint density at radius 3 is 2.70 bits per heavy atom. The Balaban J connectivity index is 1.66. The summed E-state index contributed by atoms with van der Waals surface area (Å²) in [6.45, 7) is 3.19. The minimum absolute atomic E-state index is 0.0812. The first-order valence-corrected chi connectivity index (χ1v) is 12.0. The van der Waals surface area contributed by atoms with E-state index < -0.39 is 22.0 Å². The van der Waals surface area contributed by atoms with Crippen molar-refractivity contribution in [2.45, 2.75) is 36.3 Å². The fourth-order valence-corrected chi connectivity index (χ4v) is 5.05. The Bertz CT molecular complexity index is 1000. The van der Waals surface area contributed by atoms with Gasteiger partial charge in [-0.1, -0.05) is 24.2 Å². The number of hydrogen-bond donors (Lipinski definition) is 2. The predicted molar refractivity (Wildman–Crippen MR) is 110 cm³/mol. The van der Waals surface area contributed by atoms with Gasteiger partial charge in [-0.3, -0.25) is 10.1 Å². The molecular formula is C18H23N5O5S2. The number of sulfonamides is 1. The maximum atomic E-state index is 12.9. The lowest BCUT2D eigenvalue weighted by molar-refractivity contribution is -0.117. The van der Waals surface area contributed by atoms with Crippen LogP contribution in [0, 0.1) is 0 Å². The number of nitrogens with zero attached hydrogens (tertiary/aromatic N) is 3. The van der Waals surface area contributed by atoms with E-state index in [1.807, 2.05) is 0 Å². The SMILES string of the molecule is CCNC(=O)NC(=O)CSc1nnc(-c2cccc(S(=O)(=O)N3CCCCC3)c2)o1. The van der Waals surface area contributed by atoms with Gasteiger partial charge in [0.05, 0.1) is 10.6 Å². The van der Waals surface area contributed by atoms with Gasteiger partial charge in [0.2, 0.25) is 21.8 Å². The average molecular weight is 454 g/mol. The molecular weight excluding hydrogens is 430 g/mol. The van der Waals surface area contributed by atoms with Gasteiger partial charge in [0.1, 0.15) is 0 Å². The van der Waals surface area contributed by atoms with E-state index in [4.69, 9.17) is 4.42 Å². The highest BCUT2D eigenvalue weighted by Crippen LogP contribution is 2.27. The second-order valence-corrected chi connectivity index (χ2v) is 9.43. The molecule has 12 heteroatoms. The summed E-state index contributed by atoms with van der Waals surface area (Å²) in [6, 6.07) is 5.79. The van der Waals surface area contributed by atoms with E-state index in [0.29, 0.717) is 25.2 Å². The first-order chi connectivity index (χ1) is 14.4. The van der Waals surface area contributed by atoms with E-state index in [0.717, 1.165) is 31.0 Å². The quantitative estimate of drug-likeness (QED) is 0.607. The van der Waals surface area contributed by atoms with Gasteiger partial charge in [0.15, 0.2) is 0 Å². The Labute approximate surface area is 178 Å². The first-order valence-electron chi connectivity index (χ1n) is 9.54. The highest BCUT2D eigenvalue weighted by molar-refractivity contribution is 7.99. The standard InChI is InChI=1S/C18H23N5O5S2/c1-2-19-17(25)20-15(24)12-29-18-22-21-16(28-18)13-7-6-8-14(11-13)30(26,27)23-9-4-3-5-10-23/h6-8,11H,2-5,9-10,12H2,1H3,(H2,19,20,24,25). The van der Waals surface area contributed by atoms with Crippen molar-refractivity contribution in [2.24, 2.45) is 0 Å². The van der Waals surface area contributed by atoms with Crippen LogP contribution >= 0.6 is 11.8 Å². The fourth-order valence-electron chi connectivity index (χ4n) is 2.92. The number of thioether (sulfide) groups is 1. The van der Waals surface area contributed by atoms with E-state index >= 15 is 0 Å². The summed E-state index contributed by atoms with van der Waals surface area (Å²) in [5, 5.41) is 12.6. The number of carbonyl (C=O) groups is 2. The molecule has 2 aromatic rings. The van der Waals surface area contributed by atoms with Crippen molar-refractivity contribution >= 4 is 33.7 Å². The number of aromatic nitrogens is 2. The third kappa shape index (κ3) is 5.58. The number of imide groups is 1. The number of urea groups is 1. The minimum atomic E-state index is -3.58. The summed E-state index contributed by atoms with van der Waals surface area (Å²) in [6.07, 6.45) is 2.75. The second kappa shape index (κ2) is 10.0. The molecule has 10 nitrogen and oxygen atoms in total. The number of rotatable bonds is 7. The summed E-state index contributed by atoms with van der Waals surface area (Å²) >= 11 is 0.978. The maximum absolute atomic E-state index is 12.9. The molecule has 0 bridgehead atoms. The van der Waals surface area contributed by atoms with Gasteiger partial charge in [-0.25, -0.2) is 13.2 Å². The van der Waals surface area contributed by atoms with E-state index in [1.165, 1.54) is 10.4 Å². The summed E-state index contributed by atoms with van der Waals surface area (Å²) in [4.78, 5) is 23.2. The van der Waals surface area contributed by atoms with Crippen LogP contribution in [-0.2, 0) is 14.8 Å². The first kappa shape index (κ1) is 22.2. The lowest BCUT2D eigenvalue weighted by Gasteiger charge is -2.25. The zero-order valence-electron chi connectivity index (χ0n) is 16.5. The van der Waals surface area contributed by atoms with Crippen LogP contribution in [0.2, 0.25) is 0 Å². The molecule has 3 amide bonds. The Kier molecular flexibility index (Phi) is 7.45. The highest BCUT2D eigenvalue weighted by atomic mass is 32.2. The van der Waals surface area contributed by atoms with Crippen molar-refractivity contribution in [1.82, 2.24) is 25.1 Å². The van der Waals surface area contributed by atoms with Crippen LogP contribution in [0.15, 0.2) is 38.8 Å². The van der Waals surface area contributed by atoms with Crippen LogP contribution in [0.5, 0.6) is 0 Å². The third-order valence-corrected chi connectivity index (χ3v) is 7.07. The van der Waals surface area contributed by atoms with Gasteiger partial charge in [-0.15, -0.1) is 10.2 Å². The molecule has 1 fully saturated rings. The van der Waals surface area contributed by atoms with Crippen LogP contribution in [0.4, 0.5) is 4.79 Å². The Morgan fingerprint density at radius 2 is 1.97 bits per heavy atom. The number of amides is 3. The van der Waals surface area contributed by atoms with Crippen molar-refractivity contribution in [3.05, 3.63) is 24.3 Å². The van der Waals surface area contributed by atoms with Crippen molar-refractivity contribution < 1.29 is 22.4 Å². The average Bonchev–Trinajstić information content (AvgIpc) is 3.22. The number of nitrogens with one attached hydrogen (secondary N) is 2. The molecule has 2 N–H and O–H groups in total. The molecule has 1 aromatic heterocycles. The smallest absolute Gasteiger partial charge is 0.321 e. The van der Waals surface area contributed by atoms with Crippen LogP contribution in [-0.4, -0.2) is 60.2 Å². The molecule has 1 saturated heterocycles. The van der Waals surface area contributed by atoms with Gasteiger partial charge >= 0.3 is 6.03 Å². The van der Waals surface area contributed by atoms with Crippen molar-refractivity contribution in [2.75, 3.05) is 25.4 Å². The molecule has 0 unspecified atom stereocenters.